The number of fused-ring (bicyclic) bond motifs is 1. The number of amides is 3. The van der Waals surface area contributed by atoms with Crippen LogP contribution in [0.5, 0.6) is 5.75 Å². The van der Waals surface area contributed by atoms with Crippen LogP contribution in [0.1, 0.15) is 33.1 Å². The average Bonchev–Trinajstić information content (AvgIpc) is 3.52. The number of hydrogen-bond acceptors (Lipinski definition) is 6. The molecule has 2 bridgehead atoms. The van der Waals surface area contributed by atoms with Gasteiger partial charge < -0.3 is 30.1 Å². The Morgan fingerprint density at radius 3 is 2.35 bits per heavy atom. The minimum absolute atomic E-state index is 0.291. The molecule has 1 spiro atoms. The molecule has 0 aliphatic carbocycles. The van der Waals surface area contributed by atoms with Crippen molar-refractivity contribution in [1.29, 1.82) is 0 Å². The van der Waals surface area contributed by atoms with Crippen LogP contribution in [0, 0.1) is 11.8 Å². The van der Waals surface area contributed by atoms with E-state index in [4.69, 9.17) is 9.47 Å². The summed E-state index contributed by atoms with van der Waals surface area (Å²) in [5.41, 5.74) is -0.820. The van der Waals surface area contributed by atoms with E-state index in [0.29, 0.717) is 36.4 Å². The van der Waals surface area contributed by atoms with Crippen molar-refractivity contribution < 1.29 is 29.0 Å². The van der Waals surface area contributed by atoms with E-state index in [1.807, 2.05) is 25.1 Å². The standard InChI is InChI=1S/C28H33N3O6/c1-4-27-14-15-28(37-27)22(21(27)24(33)29-18-8-6-5-7-9-18)26(35)31(17(2)16-32)23(28)25(34)30-19-10-12-20(36-3)13-11-19/h5-13,17,21-23,32H,4,14-16H2,1-3H3,(H,29,33)(H,30,34)/t17-,21-,22+,23?,27+,28?/m1/s1. The van der Waals surface area contributed by atoms with E-state index < -0.39 is 41.0 Å². The van der Waals surface area contributed by atoms with Gasteiger partial charge in [-0.3, -0.25) is 14.4 Å². The van der Waals surface area contributed by atoms with Crippen molar-refractivity contribution in [3.63, 3.8) is 0 Å². The highest BCUT2D eigenvalue weighted by atomic mass is 16.5. The second-order valence-corrected chi connectivity index (χ2v) is 10.2. The van der Waals surface area contributed by atoms with Gasteiger partial charge in [0, 0.05) is 11.4 Å². The van der Waals surface area contributed by atoms with E-state index in [1.165, 1.54) is 4.90 Å². The Labute approximate surface area is 216 Å². The molecule has 3 fully saturated rings. The molecule has 3 heterocycles. The van der Waals surface area contributed by atoms with E-state index in [9.17, 15) is 19.5 Å². The number of hydrogen-bond donors (Lipinski definition) is 3. The van der Waals surface area contributed by atoms with Crippen LogP contribution in [-0.4, -0.2) is 64.7 Å². The number of likely N-dealkylation sites (tertiary alicyclic amines) is 1. The average molecular weight is 508 g/mol. The van der Waals surface area contributed by atoms with E-state index in [0.717, 1.165) is 0 Å². The Hall–Kier alpha value is -3.43. The van der Waals surface area contributed by atoms with E-state index >= 15 is 0 Å². The Bertz CT molecular complexity index is 1190. The summed E-state index contributed by atoms with van der Waals surface area (Å²) in [6.45, 7) is 3.33. The van der Waals surface area contributed by atoms with Crippen molar-refractivity contribution in [2.75, 3.05) is 24.4 Å². The highest BCUT2D eigenvalue weighted by Crippen LogP contribution is 2.64. The molecule has 3 aliphatic heterocycles. The largest absolute Gasteiger partial charge is 0.497 e. The Kier molecular flexibility index (Phi) is 6.45. The number of carbonyl (C=O) groups excluding carboxylic acids is 3. The van der Waals surface area contributed by atoms with Gasteiger partial charge in [-0.05, 0) is 62.6 Å². The lowest BCUT2D eigenvalue weighted by atomic mass is 9.65. The zero-order valence-corrected chi connectivity index (χ0v) is 21.3. The van der Waals surface area contributed by atoms with Crippen LogP contribution in [0.2, 0.25) is 0 Å². The van der Waals surface area contributed by atoms with Gasteiger partial charge in [-0.1, -0.05) is 25.1 Å². The predicted octanol–water partition coefficient (Wildman–Crippen LogP) is 2.81. The van der Waals surface area contributed by atoms with Crippen LogP contribution >= 0.6 is 0 Å². The SMILES string of the molecule is CC[C@@]12CCC3(O1)C(C(=O)Nc1ccc(OC)cc1)N([C@H](C)CO)C(=O)[C@@H]3[C@@H]2C(=O)Nc1ccccc1. The van der Waals surface area contributed by atoms with Crippen LogP contribution in [0.25, 0.3) is 0 Å². The predicted molar refractivity (Wildman–Crippen MR) is 137 cm³/mol. The lowest BCUT2D eigenvalue weighted by molar-refractivity contribution is -0.147. The molecule has 9 heteroatoms. The van der Waals surface area contributed by atoms with Crippen molar-refractivity contribution in [3.8, 4) is 5.75 Å². The van der Waals surface area contributed by atoms with E-state index in [2.05, 4.69) is 10.6 Å². The fourth-order valence-corrected chi connectivity index (χ4v) is 6.54. The van der Waals surface area contributed by atoms with Crippen molar-refractivity contribution in [1.82, 2.24) is 4.90 Å². The van der Waals surface area contributed by atoms with Gasteiger partial charge in [0.25, 0.3) is 0 Å². The normalized spacial score (nSPS) is 30.6. The first kappa shape index (κ1) is 25.2. The molecule has 0 radical (unpaired) electrons. The molecule has 3 aliphatic rings. The highest BCUT2D eigenvalue weighted by Gasteiger charge is 2.79. The number of benzene rings is 2. The molecule has 3 N–H and O–H groups in total. The van der Waals surface area contributed by atoms with Gasteiger partial charge in [-0.15, -0.1) is 0 Å². The number of para-hydroxylation sites is 1. The Balaban J connectivity index is 1.52. The van der Waals surface area contributed by atoms with Crippen molar-refractivity contribution >= 4 is 29.1 Å². The monoisotopic (exact) mass is 507 g/mol. The summed E-state index contributed by atoms with van der Waals surface area (Å²) in [7, 11) is 1.56. The number of rotatable bonds is 8. The zero-order valence-electron chi connectivity index (χ0n) is 21.3. The van der Waals surface area contributed by atoms with Gasteiger partial charge in [0.15, 0.2) is 0 Å². The lowest BCUT2D eigenvalue weighted by Gasteiger charge is -2.36. The Morgan fingerprint density at radius 1 is 1.08 bits per heavy atom. The lowest BCUT2D eigenvalue weighted by Crippen LogP contribution is -2.55. The number of nitrogens with zero attached hydrogens (tertiary/aromatic N) is 1. The molecule has 3 amide bonds. The summed E-state index contributed by atoms with van der Waals surface area (Å²) in [5.74, 6) is -1.97. The number of aliphatic hydroxyl groups is 1. The number of aliphatic hydroxyl groups excluding tert-OH is 1. The number of ether oxygens (including phenoxy) is 2. The summed E-state index contributed by atoms with van der Waals surface area (Å²) < 4.78 is 11.9. The van der Waals surface area contributed by atoms with Crippen LogP contribution in [0.15, 0.2) is 54.6 Å². The number of anilines is 2. The smallest absolute Gasteiger partial charge is 0.250 e. The summed E-state index contributed by atoms with van der Waals surface area (Å²) in [6, 6.07) is 14.4. The third kappa shape index (κ3) is 3.88. The molecule has 2 unspecified atom stereocenters. The second-order valence-electron chi connectivity index (χ2n) is 10.2. The first-order chi connectivity index (χ1) is 17.8. The molecule has 37 heavy (non-hydrogen) atoms. The molecular weight excluding hydrogens is 474 g/mol. The van der Waals surface area contributed by atoms with Crippen molar-refractivity contribution in [3.05, 3.63) is 54.6 Å². The molecule has 5 rings (SSSR count). The van der Waals surface area contributed by atoms with Gasteiger partial charge in [0.1, 0.15) is 17.4 Å². The van der Waals surface area contributed by atoms with Gasteiger partial charge in [0.2, 0.25) is 17.7 Å². The quantitative estimate of drug-likeness (QED) is 0.506. The molecule has 2 aromatic rings. The highest BCUT2D eigenvalue weighted by molar-refractivity contribution is 6.05. The van der Waals surface area contributed by atoms with Crippen molar-refractivity contribution in [2.24, 2.45) is 11.8 Å². The minimum Gasteiger partial charge on any atom is -0.497 e. The molecule has 196 valence electrons. The van der Waals surface area contributed by atoms with Crippen LogP contribution in [0.4, 0.5) is 11.4 Å². The molecular formula is C28H33N3O6. The molecule has 3 saturated heterocycles. The topological polar surface area (TPSA) is 117 Å². The van der Waals surface area contributed by atoms with Crippen molar-refractivity contribution in [2.45, 2.75) is 56.4 Å². The number of carbonyl (C=O) groups is 3. The van der Waals surface area contributed by atoms with Crippen LogP contribution in [0.3, 0.4) is 0 Å². The van der Waals surface area contributed by atoms with E-state index in [1.54, 1.807) is 50.4 Å². The van der Waals surface area contributed by atoms with Crippen LogP contribution < -0.4 is 15.4 Å². The van der Waals surface area contributed by atoms with Gasteiger partial charge >= 0.3 is 0 Å². The van der Waals surface area contributed by atoms with Crippen LogP contribution in [-0.2, 0) is 19.1 Å². The zero-order chi connectivity index (χ0) is 26.4. The number of nitrogens with one attached hydrogen (secondary N) is 2. The minimum atomic E-state index is -1.16. The fourth-order valence-electron chi connectivity index (χ4n) is 6.54. The molecule has 9 nitrogen and oxygen atoms in total. The Morgan fingerprint density at radius 2 is 1.73 bits per heavy atom. The first-order valence-electron chi connectivity index (χ1n) is 12.7. The molecule has 0 aromatic heterocycles. The summed E-state index contributed by atoms with van der Waals surface area (Å²) >= 11 is 0. The third-order valence-corrected chi connectivity index (χ3v) is 8.29. The maximum absolute atomic E-state index is 14.0. The number of methoxy groups -OCH3 is 1. The second kappa shape index (κ2) is 9.46. The first-order valence-corrected chi connectivity index (χ1v) is 12.7. The molecule has 6 atom stereocenters. The van der Waals surface area contributed by atoms with E-state index in [-0.39, 0.29) is 18.4 Å². The fraction of sp³-hybridized carbons (Fsp3) is 0.464. The summed E-state index contributed by atoms with van der Waals surface area (Å²) in [4.78, 5) is 43.0. The van der Waals surface area contributed by atoms with Gasteiger partial charge in [-0.2, -0.15) is 0 Å². The summed E-state index contributed by atoms with van der Waals surface area (Å²) in [5, 5.41) is 15.9. The molecule has 0 saturated carbocycles. The van der Waals surface area contributed by atoms with Gasteiger partial charge in [-0.25, -0.2) is 0 Å². The van der Waals surface area contributed by atoms with Gasteiger partial charge in [0.05, 0.1) is 37.2 Å². The molecule has 2 aromatic carbocycles. The maximum Gasteiger partial charge on any atom is 0.250 e. The maximum atomic E-state index is 14.0. The summed E-state index contributed by atoms with van der Waals surface area (Å²) in [6.07, 6.45) is 1.57. The third-order valence-electron chi connectivity index (χ3n) is 8.29.